The number of alkyl halides is 3. The van der Waals surface area contributed by atoms with Crippen LogP contribution in [0.25, 0.3) is 27.5 Å². The lowest BCUT2D eigenvalue weighted by atomic mass is 9.99. The average molecular weight is 534 g/mol. The first kappa shape index (κ1) is 25.7. The number of aromatic nitrogens is 2. The van der Waals surface area contributed by atoms with Crippen molar-refractivity contribution in [3.8, 4) is 5.69 Å². The second-order valence-electron chi connectivity index (χ2n) is 9.25. The number of imidazole rings is 1. The van der Waals surface area contributed by atoms with Crippen LogP contribution >= 0.6 is 12.2 Å². The summed E-state index contributed by atoms with van der Waals surface area (Å²) in [6.45, 7) is 4.62. The molecule has 192 valence electrons. The van der Waals surface area contributed by atoms with E-state index in [2.05, 4.69) is 36.0 Å². The van der Waals surface area contributed by atoms with Gasteiger partial charge < -0.3 is 0 Å². The van der Waals surface area contributed by atoms with Gasteiger partial charge >= 0.3 is 6.18 Å². The van der Waals surface area contributed by atoms with E-state index in [0.29, 0.717) is 30.1 Å². The van der Waals surface area contributed by atoms with Crippen molar-refractivity contribution in [3.63, 3.8) is 0 Å². The fourth-order valence-electron chi connectivity index (χ4n) is 4.61. The largest absolute Gasteiger partial charge is 0.416 e. The minimum Gasteiger partial charge on any atom is -0.296 e. The van der Waals surface area contributed by atoms with E-state index >= 15 is 0 Å². The second kappa shape index (κ2) is 10.1. The number of fused-ring (bicyclic) bond motifs is 3. The number of aliphatic imine (C=N–C) groups is 1. The number of benzene rings is 4. The average Bonchev–Trinajstić information content (AvgIpc) is 3.30. The van der Waals surface area contributed by atoms with Crippen LogP contribution < -0.4 is 0 Å². The van der Waals surface area contributed by atoms with Gasteiger partial charge in [0.1, 0.15) is 12.1 Å². The topological polar surface area (TPSA) is 30.2 Å². The van der Waals surface area contributed by atoms with Crippen LogP contribution in [0.2, 0.25) is 0 Å². The lowest BCUT2D eigenvalue weighted by molar-refractivity contribution is -0.137. The first-order chi connectivity index (χ1) is 18.1. The summed E-state index contributed by atoms with van der Waals surface area (Å²) in [6.07, 6.45) is -0.694. The first-order valence-electron chi connectivity index (χ1n) is 12.0. The monoisotopic (exact) mass is 533 g/mol. The van der Waals surface area contributed by atoms with Crippen molar-refractivity contribution in [2.75, 3.05) is 6.54 Å². The Labute approximate surface area is 222 Å². The van der Waals surface area contributed by atoms with Gasteiger partial charge in [-0.3, -0.25) is 9.56 Å². The summed E-state index contributed by atoms with van der Waals surface area (Å²) >= 11 is 5.57. The summed E-state index contributed by atoms with van der Waals surface area (Å²) in [5.74, 6) is -0.971. The molecule has 0 spiro atoms. The van der Waals surface area contributed by atoms with E-state index in [1.807, 2.05) is 30.3 Å². The molecule has 0 amide bonds. The van der Waals surface area contributed by atoms with Crippen LogP contribution in [-0.2, 0) is 12.6 Å². The van der Waals surface area contributed by atoms with Crippen LogP contribution in [-0.4, -0.2) is 27.2 Å². The van der Waals surface area contributed by atoms with Crippen molar-refractivity contribution in [3.05, 3.63) is 107 Å². The molecule has 5 aromatic rings. The molecule has 0 unspecified atom stereocenters. The molecular weight excluding hydrogens is 510 g/mol. The Kier molecular flexibility index (Phi) is 6.84. The standard InChI is InChI=1S/C30H23F4N3S/c1-18-4-3-5-19(2)25(18)14-23(38)16-35-15-20-6-9-24-21(12-20)7-10-28-29(24)36-17-37(28)27-11-8-22(13-26(27)31)30(32,33)34/h3-13,15,17H,14,16H2,1-2H3. The molecule has 0 saturated heterocycles. The fourth-order valence-corrected chi connectivity index (χ4v) is 4.83. The zero-order valence-electron chi connectivity index (χ0n) is 20.7. The predicted octanol–water partition coefficient (Wildman–Crippen LogP) is 7.98. The number of halogens is 4. The smallest absolute Gasteiger partial charge is 0.296 e. The molecule has 8 heteroatoms. The van der Waals surface area contributed by atoms with E-state index in [0.717, 1.165) is 33.3 Å². The van der Waals surface area contributed by atoms with Crippen molar-refractivity contribution in [2.45, 2.75) is 26.4 Å². The quantitative estimate of drug-likeness (QED) is 0.126. The maximum Gasteiger partial charge on any atom is 0.416 e. The van der Waals surface area contributed by atoms with Gasteiger partial charge in [-0.1, -0.05) is 48.6 Å². The van der Waals surface area contributed by atoms with Gasteiger partial charge in [0.15, 0.2) is 0 Å². The molecule has 38 heavy (non-hydrogen) atoms. The van der Waals surface area contributed by atoms with Crippen molar-refractivity contribution in [1.82, 2.24) is 9.55 Å². The van der Waals surface area contributed by atoms with Crippen LogP contribution in [0, 0.1) is 19.7 Å². The molecule has 0 atom stereocenters. The molecule has 3 nitrogen and oxygen atoms in total. The Morgan fingerprint density at radius 3 is 2.47 bits per heavy atom. The van der Waals surface area contributed by atoms with Gasteiger partial charge in [-0.15, -0.1) is 0 Å². The van der Waals surface area contributed by atoms with E-state index in [1.165, 1.54) is 27.6 Å². The number of hydrogen-bond acceptors (Lipinski definition) is 3. The van der Waals surface area contributed by atoms with E-state index in [9.17, 15) is 17.6 Å². The van der Waals surface area contributed by atoms with Gasteiger partial charge in [-0.2, -0.15) is 13.2 Å². The van der Waals surface area contributed by atoms with Gasteiger partial charge in [-0.05, 0) is 71.8 Å². The lowest BCUT2D eigenvalue weighted by Crippen LogP contribution is -2.07. The SMILES string of the molecule is Cc1cccc(C)c1CC(=S)CN=Cc1ccc2c(ccc3c2ncn3-c2ccc(C(F)(F)F)cc2F)c1. The van der Waals surface area contributed by atoms with Crippen molar-refractivity contribution < 1.29 is 17.6 Å². The molecule has 0 N–H and O–H groups in total. The second-order valence-corrected chi connectivity index (χ2v) is 9.83. The van der Waals surface area contributed by atoms with Gasteiger partial charge in [0, 0.05) is 22.9 Å². The number of aryl methyl sites for hydroxylation is 2. The van der Waals surface area contributed by atoms with Gasteiger partial charge in [-0.25, -0.2) is 9.37 Å². The van der Waals surface area contributed by atoms with Gasteiger partial charge in [0.25, 0.3) is 0 Å². The Hall–Kier alpha value is -3.91. The number of rotatable bonds is 6. The Morgan fingerprint density at radius 2 is 1.76 bits per heavy atom. The molecule has 0 radical (unpaired) electrons. The first-order valence-corrected chi connectivity index (χ1v) is 12.4. The molecule has 0 fully saturated rings. The Bertz CT molecular complexity index is 1700. The van der Waals surface area contributed by atoms with Gasteiger partial charge in [0.2, 0.25) is 0 Å². The summed E-state index contributed by atoms with van der Waals surface area (Å²) in [6, 6.07) is 18.2. The van der Waals surface area contributed by atoms with Crippen LogP contribution in [0.15, 0.2) is 78.0 Å². The Balaban J connectivity index is 1.37. The highest BCUT2D eigenvalue weighted by atomic mass is 32.1. The molecule has 4 aromatic carbocycles. The summed E-state index contributed by atoms with van der Waals surface area (Å²) < 4.78 is 54.9. The minimum absolute atomic E-state index is 0.000428. The predicted molar refractivity (Wildman–Crippen MR) is 148 cm³/mol. The third-order valence-corrected chi connectivity index (χ3v) is 6.89. The fraction of sp³-hybridized carbons (Fsp3) is 0.167. The Morgan fingerprint density at radius 1 is 1.00 bits per heavy atom. The highest BCUT2D eigenvalue weighted by Gasteiger charge is 2.31. The maximum absolute atomic E-state index is 14.6. The van der Waals surface area contributed by atoms with Crippen LogP contribution in [0.1, 0.15) is 27.8 Å². The minimum atomic E-state index is -4.61. The summed E-state index contributed by atoms with van der Waals surface area (Å²) in [7, 11) is 0. The van der Waals surface area contributed by atoms with Crippen molar-refractivity contribution >= 4 is 45.1 Å². The van der Waals surface area contributed by atoms with E-state index in [4.69, 9.17) is 12.2 Å². The molecule has 0 aliphatic heterocycles. The number of thiocarbonyl (C=S) groups is 1. The highest BCUT2D eigenvalue weighted by Crippen LogP contribution is 2.32. The highest BCUT2D eigenvalue weighted by molar-refractivity contribution is 7.80. The lowest BCUT2D eigenvalue weighted by Gasteiger charge is -2.10. The molecule has 1 aromatic heterocycles. The summed E-state index contributed by atoms with van der Waals surface area (Å²) in [5, 5.41) is 1.76. The van der Waals surface area contributed by atoms with E-state index < -0.39 is 17.6 Å². The van der Waals surface area contributed by atoms with Crippen molar-refractivity contribution in [1.29, 1.82) is 0 Å². The molecule has 0 aliphatic rings. The zero-order valence-corrected chi connectivity index (χ0v) is 21.5. The van der Waals surface area contributed by atoms with E-state index in [1.54, 1.807) is 12.3 Å². The maximum atomic E-state index is 14.6. The summed E-state index contributed by atoms with van der Waals surface area (Å²) in [5.41, 5.74) is 4.78. The normalized spacial score (nSPS) is 12.2. The third-order valence-electron chi connectivity index (χ3n) is 6.62. The van der Waals surface area contributed by atoms with Crippen molar-refractivity contribution in [2.24, 2.45) is 4.99 Å². The molecule has 0 bridgehead atoms. The molecule has 0 saturated carbocycles. The third kappa shape index (κ3) is 5.09. The molecular formula is C30H23F4N3S. The zero-order chi connectivity index (χ0) is 27.0. The number of nitrogens with zero attached hydrogens (tertiary/aromatic N) is 3. The van der Waals surface area contributed by atoms with Gasteiger partial charge in [0.05, 0.1) is 28.8 Å². The van der Waals surface area contributed by atoms with E-state index in [-0.39, 0.29) is 5.69 Å². The van der Waals surface area contributed by atoms with Crippen LogP contribution in [0.3, 0.4) is 0 Å². The molecule has 1 heterocycles. The summed E-state index contributed by atoms with van der Waals surface area (Å²) in [4.78, 5) is 9.83. The number of hydrogen-bond donors (Lipinski definition) is 0. The van der Waals surface area contributed by atoms with Crippen LogP contribution in [0.5, 0.6) is 0 Å². The molecule has 0 aliphatic carbocycles. The van der Waals surface area contributed by atoms with Crippen LogP contribution in [0.4, 0.5) is 17.6 Å². The molecule has 5 rings (SSSR count).